The quantitative estimate of drug-likeness (QED) is 0.402. The van der Waals surface area contributed by atoms with Gasteiger partial charge in [0.15, 0.2) is 11.5 Å². The van der Waals surface area contributed by atoms with Crippen LogP contribution in [0, 0.1) is 36.0 Å². The van der Waals surface area contributed by atoms with Crippen LogP contribution in [0.3, 0.4) is 0 Å². The van der Waals surface area contributed by atoms with Crippen molar-refractivity contribution in [1.29, 1.82) is 0 Å². The summed E-state index contributed by atoms with van der Waals surface area (Å²) in [6.45, 7) is 13.1. The van der Waals surface area contributed by atoms with Crippen molar-refractivity contribution in [2.24, 2.45) is 22.2 Å². The van der Waals surface area contributed by atoms with Crippen LogP contribution in [0.4, 0.5) is 0 Å². The Kier molecular flexibility index (Phi) is 4.71. The molecule has 1 heterocycles. The lowest BCUT2D eigenvalue weighted by Gasteiger charge is -2.67. The first kappa shape index (κ1) is 22.6. The molecule has 4 unspecified atom stereocenters. The van der Waals surface area contributed by atoms with Gasteiger partial charge in [0.05, 0.1) is 5.41 Å². The Bertz CT molecular complexity index is 1160. The fourth-order valence-corrected chi connectivity index (χ4v) is 7.52. The number of hydrogen-bond donors (Lipinski definition) is 2. The molecule has 5 rings (SSSR count). The Morgan fingerprint density at radius 3 is 2.42 bits per heavy atom. The predicted molar refractivity (Wildman–Crippen MR) is 130 cm³/mol. The molecule has 0 spiro atoms. The zero-order chi connectivity index (χ0) is 24.0. The van der Waals surface area contributed by atoms with Gasteiger partial charge >= 0.3 is 5.97 Å². The van der Waals surface area contributed by atoms with Crippen molar-refractivity contribution >= 4 is 16.7 Å². The molecule has 3 aliphatic rings. The van der Waals surface area contributed by atoms with Gasteiger partial charge in [0, 0.05) is 16.9 Å². The summed E-state index contributed by atoms with van der Waals surface area (Å²) >= 11 is 0. The second-order valence-electron chi connectivity index (χ2n) is 12.5. The lowest BCUT2D eigenvalue weighted by atomic mass is 9.43. The van der Waals surface area contributed by atoms with Gasteiger partial charge in [-0.25, -0.2) is 0 Å². The number of ether oxygens (including phenoxy) is 1. The van der Waals surface area contributed by atoms with Crippen molar-refractivity contribution in [1.82, 2.24) is 0 Å². The van der Waals surface area contributed by atoms with Gasteiger partial charge in [0.25, 0.3) is 0 Å². The molecule has 3 fully saturated rings. The normalized spacial score (nSPS) is 34.8. The molecular formula is C29H38O4. The van der Waals surface area contributed by atoms with E-state index in [0.717, 1.165) is 54.9 Å². The largest absolute Gasteiger partial charge is 0.504 e. The minimum atomic E-state index is -0.486. The van der Waals surface area contributed by atoms with Gasteiger partial charge in [-0.15, -0.1) is 0 Å². The van der Waals surface area contributed by atoms with E-state index >= 15 is 0 Å². The highest BCUT2D eigenvalue weighted by Gasteiger charge is 2.68. The van der Waals surface area contributed by atoms with E-state index in [2.05, 4.69) is 40.7 Å². The molecule has 2 aromatic carbocycles. The summed E-state index contributed by atoms with van der Waals surface area (Å²) in [6.07, 6.45) is 6.76. The molecule has 1 aliphatic heterocycles. The highest BCUT2D eigenvalue weighted by atomic mass is 16.6. The molecule has 2 aromatic rings. The number of esters is 1. The van der Waals surface area contributed by atoms with Crippen molar-refractivity contribution in [2.75, 3.05) is 0 Å². The van der Waals surface area contributed by atoms with Crippen LogP contribution in [0.5, 0.6) is 11.5 Å². The van der Waals surface area contributed by atoms with Gasteiger partial charge in [0.2, 0.25) is 0 Å². The minimum Gasteiger partial charge on any atom is -0.504 e. The third-order valence-corrected chi connectivity index (χ3v) is 10.2. The van der Waals surface area contributed by atoms with Crippen LogP contribution in [-0.2, 0) is 16.0 Å². The van der Waals surface area contributed by atoms with Gasteiger partial charge in [-0.2, -0.15) is 0 Å². The second-order valence-corrected chi connectivity index (χ2v) is 12.5. The maximum Gasteiger partial charge on any atom is 0.312 e. The molecule has 2 N–H and O–H groups in total. The van der Waals surface area contributed by atoms with Crippen LogP contribution < -0.4 is 0 Å². The van der Waals surface area contributed by atoms with Crippen LogP contribution in [0.1, 0.15) is 82.9 Å². The Morgan fingerprint density at radius 1 is 1.00 bits per heavy atom. The fourth-order valence-electron chi connectivity index (χ4n) is 7.52. The average Bonchev–Trinajstić information content (AvgIpc) is 2.75. The summed E-state index contributed by atoms with van der Waals surface area (Å²) in [7, 11) is 0. The Balaban J connectivity index is 1.60. The van der Waals surface area contributed by atoms with Crippen molar-refractivity contribution in [2.45, 2.75) is 92.1 Å². The zero-order valence-corrected chi connectivity index (χ0v) is 21.0. The van der Waals surface area contributed by atoms with Crippen LogP contribution >= 0.6 is 0 Å². The van der Waals surface area contributed by atoms with E-state index in [1.54, 1.807) is 6.07 Å². The molecule has 4 atom stereocenters. The molecular weight excluding hydrogens is 412 g/mol. The molecule has 2 saturated carbocycles. The fraction of sp³-hybridized carbons (Fsp3) is 0.621. The third kappa shape index (κ3) is 2.98. The summed E-state index contributed by atoms with van der Waals surface area (Å²) in [4.78, 5) is 13.4. The van der Waals surface area contributed by atoms with Gasteiger partial charge < -0.3 is 14.9 Å². The summed E-state index contributed by atoms with van der Waals surface area (Å²) in [5.74, 6) is 0.217. The first-order valence-electron chi connectivity index (χ1n) is 12.5. The van der Waals surface area contributed by atoms with Crippen LogP contribution in [0.25, 0.3) is 10.8 Å². The maximum atomic E-state index is 13.4. The van der Waals surface area contributed by atoms with Gasteiger partial charge in [-0.05, 0) is 99.1 Å². The molecule has 1 saturated heterocycles. The minimum absolute atomic E-state index is 0.0103. The summed E-state index contributed by atoms with van der Waals surface area (Å²) in [5.41, 5.74) is 2.31. The number of fused-ring (bicyclic) bond motifs is 2. The van der Waals surface area contributed by atoms with E-state index in [4.69, 9.17) is 4.74 Å². The lowest BCUT2D eigenvalue weighted by molar-refractivity contribution is -0.268. The smallest absolute Gasteiger partial charge is 0.312 e. The standard InChI is InChI=1S/C29H38O4/c1-17-7-8-20-18(2)24(31)22(30)15-21(20)19(17)9-10-29-23-16-28(6,25(32)33-29)14-13-27(23,5)12-11-26(29,3)4/h7-8,15,23,30-31H,9-14,16H2,1-6H3. The molecule has 178 valence electrons. The highest BCUT2D eigenvalue weighted by molar-refractivity contribution is 5.93. The maximum absolute atomic E-state index is 13.4. The Hall–Kier alpha value is -2.23. The number of phenolic OH excluding ortho intramolecular Hbond substituents is 2. The van der Waals surface area contributed by atoms with E-state index in [9.17, 15) is 15.0 Å². The zero-order valence-electron chi connectivity index (χ0n) is 21.0. The summed E-state index contributed by atoms with van der Waals surface area (Å²) in [5, 5.41) is 22.5. The SMILES string of the molecule is Cc1ccc2c(C)c(O)c(O)cc2c1CCC12OC(=O)C3(C)CCC(C)(CCC1(C)C)C2C3. The first-order valence-corrected chi connectivity index (χ1v) is 12.5. The molecule has 4 nitrogen and oxygen atoms in total. The van der Waals surface area contributed by atoms with Crippen LogP contribution in [0.15, 0.2) is 18.2 Å². The Labute approximate surface area is 197 Å². The molecule has 33 heavy (non-hydrogen) atoms. The molecule has 0 radical (unpaired) electrons. The summed E-state index contributed by atoms with van der Waals surface area (Å²) < 4.78 is 6.61. The summed E-state index contributed by atoms with van der Waals surface area (Å²) in [6, 6.07) is 5.81. The van der Waals surface area contributed by atoms with E-state index in [1.807, 2.05) is 13.0 Å². The van der Waals surface area contributed by atoms with Crippen molar-refractivity contribution in [3.8, 4) is 11.5 Å². The van der Waals surface area contributed by atoms with E-state index in [1.165, 1.54) is 12.0 Å². The number of aryl methyl sites for hydroxylation is 3. The van der Waals surface area contributed by atoms with Crippen molar-refractivity contribution in [3.63, 3.8) is 0 Å². The number of benzene rings is 2. The van der Waals surface area contributed by atoms with Gasteiger partial charge in [-0.3, -0.25) is 4.79 Å². The van der Waals surface area contributed by atoms with Gasteiger partial charge in [-0.1, -0.05) is 32.9 Å². The predicted octanol–water partition coefficient (Wildman–Crippen LogP) is 6.73. The topological polar surface area (TPSA) is 66.8 Å². The molecule has 2 bridgehead atoms. The number of rotatable bonds is 3. The highest BCUT2D eigenvalue weighted by Crippen LogP contribution is 2.68. The number of carbonyl (C=O) groups excluding carboxylic acids is 1. The number of aromatic hydroxyl groups is 2. The second kappa shape index (κ2) is 6.90. The molecule has 0 aromatic heterocycles. The van der Waals surface area contributed by atoms with Crippen LogP contribution in [-0.4, -0.2) is 21.8 Å². The van der Waals surface area contributed by atoms with Gasteiger partial charge in [0.1, 0.15) is 5.60 Å². The van der Waals surface area contributed by atoms with Crippen molar-refractivity contribution in [3.05, 3.63) is 34.9 Å². The van der Waals surface area contributed by atoms with Crippen molar-refractivity contribution < 1.29 is 19.7 Å². The average molecular weight is 451 g/mol. The third-order valence-electron chi connectivity index (χ3n) is 10.2. The molecule has 2 aliphatic carbocycles. The number of carbonyl (C=O) groups is 1. The monoisotopic (exact) mass is 450 g/mol. The lowest BCUT2D eigenvalue weighted by Crippen LogP contribution is -2.68. The Morgan fingerprint density at radius 2 is 1.70 bits per heavy atom. The van der Waals surface area contributed by atoms with E-state index < -0.39 is 5.60 Å². The number of phenols is 2. The first-order chi connectivity index (χ1) is 15.3. The van der Waals surface area contributed by atoms with E-state index in [-0.39, 0.29) is 33.7 Å². The molecule has 0 amide bonds. The van der Waals surface area contributed by atoms with Crippen LogP contribution in [0.2, 0.25) is 0 Å². The number of hydrogen-bond acceptors (Lipinski definition) is 4. The van der Waals surface area contributed by atoms with E-state index in [0.29, 0.717) is 11.5 Å². The molecule has 4 heteroatoms.